The number of amides is 1. The van der Waals surface area contributed by atoms with Crippen LogP contribution in [0.3, 0.4) is 0 Å². The minimum Gasteiger partial charge on any atom is -0.497 e. The van der Waals surface area contributed by atoms with Crippen LogP contribution in [0.15, 0.2) is 66.7 Å². The quantitative estimate of drug-likeness (QED) is 0.448. The molecule has 0 radical (unpaired) electrons. The first-order chi connectivity index (χ1) is 17.4. The minimum absolute atomic E-state index is 0.188. The number of rotatable bonds is 6. The summed E-state index contributed by atoms with van der Waals surface area (Å²) >= 11 is 5.84. The first-order valence-electron chi connectivity index (χ1n) is 11.9. The molecule has 0 aliphatic carbocycles. The lowest BCUT2D eigenvalue weighted by molar-refractivity contribution is -0.130. The Labute approximate surface area is 216 Å². The van der Waals surface area contributed by atoms with Crippen molar-refractivity contribution >= 4 is 34.6 Å². The maximum absolute atomic E-state index is 13.9. The second-order valence-electron chi connectivity index (χ2n) is 9.06. The Morgan fingerprint density at radius 3 is 2.53 bits per heavy atom. The Kier molecular flexibility index (Phi) is 6.22. The lowest BCUT2D eigenvalue weighted by atomic mass is 9.78. The summed E-state index contributed by atoms with van der Waals surface area (Å²) in [5.74, 6) is 1.14. The number of hydrogen-bond acceptors (Lipinski definition) is 5. The maximum atomic E-state index is 13.9. The van der Waals surface area contributed by atoms with Gasteiger partial charge >= 0.3 is 0 Å². The lowest BCUT2D eigenvalue weighted by Crippen LogP contribution is -2.72. The number of carbonyl (C=O) groups is 1. The predicted octanol–water partition coefficient (Wildman–Crippen LogP) is 5.20. The predicted molar refractivity (Wildman–Crippen MR) is 144 cm³/mol. The fourth-order valence-corrected chi connectivity index (χ4v) is 5.43. The summed E-state index contributed by atoms with van der Waals surface area (Å²) in [5.41, 5.74) is 2.33. The van der Waals surface area contributed by atoms with Gasteiger partial charge in [0, 0.05) is 16.9 Å². The van der Waals surface area contributed by atoms with Gasteiger partial charge in [-0.2, -0.15) is 0 Å². The highest BCUT2D eigenvalue weighted by atomic mass is 32.1. The van der Waals surface area contributed by atoms with Gasteiger partial charge in [-0.15, -0.1) is 0 Å². The van der Waals surface area contributed by atoms with Gasteiger partial charge in [-0.25, -0.2) is 0 Å². The molecule has 1 amide bonds. The second kappa shape index (κ2) is 9.35. The number of anilines is 2. The third kappa shape index (κ3) is 4.01. The van der Waals surface area contributed by atoms with Crippen LogP contribution in [-0.4, -0.2) is 30.5 Å². The number of para-hydroxylation sites is 1. The standard InChI is InChI=1S/C28H29N3O4S/c1-5-34-22-8-6-7-21-24-23(26(32)29-18-11-15-20(33-4)16-12-18)28(3,35-25(21)22)31(27(36)30-24)19-13-9-17(2)10-14-19/h6-16,23-24H,5H2,1-4H3,(H,29,32)(H,30,36)/t23-,24-,28-/m1/s1. The summed E-state index contributed by atoms with van der Waals surface area (Å²) < 4.78 is 17.9. The van der Waals surface area contributed by atoms with Gasteiger partial charge in [-0.1, -0.05) is 29.8 Å². The van der Waals surface area contributed by atoms with Gasteiger partial charge < -0.3 is 24.8 Å². The van der Waals surface area contributed by atoms with Gasteiger partial charge in [0.1, 0.15) is 11.7 Å². The first-order valence-corrected chi connectivity index (χ1v) is 12.3. The highest BCUT2D eigenvalue weighted by Crippen LogP contribution is 2.52. The van der Waals surface area contributed by atoms with Gasteiger partial charge in [-0.05, 0) is 75.5 Å². The summed E-state index contributed by atoms with van der Waals surface area (Å²) in [7, 11) is 1.61. The third-order valence-electron chi connectivity index (χ3n) is 6.72. The van der Waals surface area contributed by atoms with Crippen LogP contribution in [-0.2, 0) is 4.79 Å². The van der Waals surface area contributed by atoms with E-state index in [1.807, 2.05) is 92.4 Å². The number of nitrogens with one attached hydrogen (secondary N) is 2. The molecule has 0 aromatic heterocycles. The lowest BCUT2D eigenvalue weighted by Gasteiger charge is -2.56. The number of fused-ring (bicyclic) bond motifs is 4. The molecule has 2 N–H and O–H groups in total. The molecule has 2 aliphatic heterocycles. The molecule has 0 saturated carbocycles. The molecule has 3 aromatic rings. The van der Waals surface area contributed by atoms with E-state index >= 15 is 0 Å². The van der Waals surface area contributed by atoms with Crippen LogP contribution in [0.25, 0.3) is 0 Å². The zero-order valence-corrected chi connectivity index (χ0v) is 21.5. The molecular weight excluding hydrogens is 474 g/mol. The zero-order chi connectivity index (χ0) is 25.4. The average molecular weight is 504 g/mol. The number of hydrogen-bond donors (Lipinski definition) is 2. The molecule has 2 bridgehead atoms. The molecule has 186 valence electrons. The number of ether oxygens (including phenoxy) is 3. The van der Waals surface area contributed by atoms with E-state index in [9.17, 15) is 4.79 Å². The first kappa shape index (κ1) is 23.9. The molecule has 36 heavy (non-hydrogen) atoms. The molecule has 8 heteroatoms. The normalized spacial score (nSPS) is 22.1. The van der Waals surface area contributed by atoms with Crippen LogP contribution >= 0.6 is 12.2 Å². The Hall–Kier alpha value is -3.78. The largest absolute Gasteiger partial charge is 0.497 e. The SMILES string of the molecule is CCOc1cccc2c1O[C@]1(C)[C@@H](C(=O)Nc3ccc(OC)cc3)[C@@H]2NC(=S)N1c1ccc(C)cc1. The van der Waals surface area contributed by atoms with Crippen molar-refractivity contribution in [3.63, 3.8) is 0 Å². The van der Waals surface area contributed by atoms with E-state index in [0.29, 0.717) is 34.7 Å². The van der Waals surface area contributed by atoms with Crippen LogP contribution in [0.1, 0.15) is 31.0 Å². The third-order valence-corrected chi connectivity index (χ3v) is 7.02. The van der Waals surface area contributed by atoms with Gasteiger partial charge in [0.25, 0.3) is 0 Å². The summed E-state index contributed by atoms with van der Waals surface area (Å²) in [5, 5.41) is 7.00. The van der Waals surface area contributed by atoms with E-state index in [1.54, 1.807) is 7.11 Å². The van der Waals surface area contributed by atoms with Crippen molar-refractivity contribution in [2.24, 2.45) is 5.92 Å². The minimum atomic E-state index is -1.13. The molecule has 2 aliphatic rings. The zero-order valence-electron chi connectivity index (χ0n) is 20.7. The molecule has 1 fully saturated rings. The topological polar surface area (TPSA) is 72.1 Å². The van der Waals surface area contributed by atoms with Crippen molar-refractivity contribution in [1.82, 2.24) is 5.32 Å². The molecule has 0 spiro atoms. The Bertz CT molecular complexity index is 1300. The van der Waals surface area contributed by atoms with Crippen LogP contribution in [0, 0.1) is 12.8 Å². The van der Waals surface area contributed by atoms with Gasteiger partial charge in [0.05, 0.1) is 19.8 Å². The molecule has 0 unspecified atom stereocenters. The number of methoxy groups -OCH3 is 1. The number of benzene rings is 3. The Morgan fingerprint density at radius 2 is 1.86 bits per heavy atom. The van der Waals surface area contributed by atoms with Gasteiger partial charge in [0.2, 0.25) is 5.91 Å². The molecule has 3 aromatic carbocycles. The second-order valence-corrected chi connectivity index (χ2v) is 9.44. The molecular formula is C28H29N3O4S. The van der Waals surface area contributed by atoms with E-state index in [1.165, 1.54) is 0 Å². The number of aryl methyl sites for hydroxylation is 1. The highest BCUT2D eigenvalue weighted by molar-refractivity contribution is 7.80. The van der Waals surface area contributed by atoms with Crippen molar-refractivity contribution < 1.29 is 19.0 Å². The molecule has 3 atom stereocenters. The van der Waals surface area contributed by atoms with Crippen molar-refractivity contribution in [3.8, 4) is 17.2 Å². The van der Waals surface area contributed by atoms with Crippen LogP contribution in [0.4, 0.5) is 11.4 Å². The van der Waals surface area contributed by atoms with E-state index in [4.69, 9.17) is 26.4 Å². The number of thiocarbonyl (C=S) groups is 1. The van der Waals surface area contributed by atoms with Crippen LogP contribution in [0.2, 0.25) is 0 Å². The summed E-state index contributed by atoms with van der Waals surface area (Å²) in [4.78, 5) is 15.8. The summed E-state index contributed by atoms with van der Waals surface area (Å²) in [6.07, 6.45) is 0. The van der Waals surface area contributed by atoms with Gasteiger partial charge in [0.15, 0.2) is 22.3 Å². The average Bonchev–Trinajstić information content (AvgIpc) is 2.86. The van der Waals surface area contributed by atoms with Crippen LogP contribution in [0.5, 0.6) is 17.2 Å². The Balaban J connectivity index is 1.61. The van der Waals surface area contributed by atoms with Crippen molar-refractivity contribution in [3.05, 3.63) is 77.9 Å². The van der Waals surface area contributed by atoms with E-state index < -0.39 is 17.7 Å². The van der Waals surface area contributed by atoms with Crippen molar-refractivity contribution in [2.75, 3.05) is 23.9 Å². The van der Waals surface area contributed by atoms with E-state index in [0.717, 1.165) is 16.8 Å². The smallest absolute Gasteiger partial charge is 0.236 e. The highest BCUT2D eigenvalue weighted by Gasteiger charge is 2.59. The van der Waals surface area contributed by atoms with Gasteiger partial charge in [-0.3, -0.25) is 9.69 Å². The van der Waals surface area contributed by atoms with Crippen molar-refractivity contribution in [1.29, 1.82) is 0 Å². The fourth-order valence-electron chi connectivity index (χ4n) is 5.02. The van der Waals surface area contributed by atoms with E-state index in [2.05, 4.69) is 10.6 Å². The number of nitrogens with zero attached hydrogens (tertiary/aromatic N) is 1. The Morgan fingerprint density at radius 1 is 1.14 bits per heavy atom. The summed E-state index contributed by atoms with van der Waals surface area (Å²) in [6.45, 7) is 6.37. The van der Waals surface area contributed by atoms with E-state index in [-0.39, 0.29) is 5.91 Å². The van der Waals surface area contributed by atoms with Crippen LogP contribution < -0.4 is 29.7 Å². The number of carbonyl (C=O) groups excluding carboxylic acids is 1. The monoisotopic (exact) mass is 503 g/mol. The maximum Gasteiger partial charge on any atom is 0.236 e. The molecule has 7 nitrogen and oxygen atoms in total. The fraction of sp³-hybridized carbons (Fsp3) is 0.286. The summed E-state index contributed by atoms with van der Waals surface area (Å²) in [6, 6.07) is 20.6. The molecule has 5 rings (SSSR count). The van der Waals surface area contributed by atoms with Crippen molar-refractivity contribution in [2.45, 2.75) is 32.5 Å². The molecule has 1 saturated heterocycles. The molecule has 2 heterocycles.